The van der Waals surface area contributed by atoms with Crippen LogP contribution in [0.1, 0.15) is 31.9 Å². The molecule has 0 saturated heterocycles. The van der Waals surface area contributed by atoms with Gasteiger partial charge in [-0.2, -0.15) is 0 Å². The van der Waals surface area contributed by atoms with Crippen LogP contribution in [0.15, 0.2) is 16.6 Å². The van der Waals surface area contributed by atoms with Crippen LogP contribution in [-0.2, 0) is 0 Å². The van der Waals surface area contributed by atoms with Gasteiger partial charge in [-0.25, -0.2) is 0 Å². The third-order valence-corrected chi connectivity index (χ3v) is 2.75. The minimum Gasteiger partial charge on any atom is -0.384 e. The molecule has 0 amide bonds. The molecule has 1 aromatic carbocycles. The Kier molecular flexibility index (Phi) is 3.82. The van der Waals surface area contributed by atoms with Crippen LogP contribution >= 0.6 is 15.9 Å². The van der Waals surface area contributed by atoms with E-state index in [-0.39, 0.29) is 0 Å². The van der Waals surface area contributed by atoms with Crippen molar-refractivity contribution in [2.24, 2.45) is 5.41 Å². The molecule has 0 radical (unpaired) electrons. The van der Waals surface area contributed by atoms with Gasteiger partial charge in [-0.3, -0.25) is 0 Å². The van der Waals surface area contributed by atoms with Gasteiger partial charge < -0.3 is 5.32 Å². The summed E-state index contributed by atoms with van der Waals surface area (Å²) in [5.41, 5.74) is 4.18. The molecule has 1 aromatic rings. The van der Waals surface area contributed by atoms with Gasteiger partial charge in [0.05, 0.1) is 0 Å². The Hall–Kier alpha value is -0.500. The fourth-order valence-corrected chi connectivity index (χ4v) is 2.23. The molecule has 84 valence electrons. The van der Waals surface area contributed by atoms with Gasteiger partial charge >= 0.3 is 0 Å². The molecule has 0 unspecified atom stereocenters. The molecule has 0 fully saturated rings. The maximum atomic E-state index is 3.53. The molecule has 15 heavy (non-hydrogen) atoms. The monoisotopic (exact) mass is 269 g/mol. The maximum absolute atomic E-state index is 3.53. The van der Waals surface area contributed by atoms with Crippen LogP contribution in [-0.4, -0.2) is 6.54 Å². The molecular weight excluding hydrogens is 250 g/mol. The molecule has 0 bridgehead atoms. The Bertz CT molecular complexity index is 327. The number of aryl methyl sites for hydroxylation is 2. The van der Waals surface area contributed by atoms with Gasteiger partial charge in [0.15, 0.2) is 0 Å². The number of halogens is 1. The zero-order valence-electron chi connectivity index (χ0n) is 10.2. The van der Waals surface area contributed by atoms with Crippen molar-refractivity contribution in [2.75, 3.05) is 11.9 Å². The summed E-state index contributed by atoms with van der Waals surface area (Å²) in [4.78, 5) is 0. The number of anilines is 1. The molecule has 0 aromatic heterocycles. The van der Waals surface area contributed by atoms with Gasteiger partial charge in [0.2, 0.25) is 0 Å². The van der Waals surface area contributed by atoms with E-state index in [1.54, 1.807) is 0 Å². The fourth-order valence-electron chi connectivity index (χ4n) is 1.54. The Morgan fingerprint density at radius 3 is 2.00 bits per heavy atom. The molecule has 0 atom stereocenters. The lowest BCUT2D eigenvalue weighted by Crippen LogP contribution is -2.19. The molecule has 0 saturated carbocycles. The highest BCUT2D eigenvalue weighted by Crippen LogP contribution is 2.26. The van der Waals surface area contributed by atoms with Crippen molar-refractivity contribution in [3.05, 3.63) is 27.7 Å². The first-order valence-electron chi connectivity index (χ1n) is 5.30. The zero-order valence-corrected chi connectivity index (χ0v) is 11.8. The van der Waals surface area contributed by atoms with E-state index in [1.165, 1.54) is 16.8 Å². The molecule has 0 aliphatic rings. The molecule has 1 nitrogen and oxygen atoms in total. The molecule has 2 heteroatoms. The third kappa shape index (κ3) is 3.86. The van der Waals surface area contributed by atoms with Crippen molar-refractivity contribution in [2.45, 2.75) is 34.6 Å². The second-order valence-electron chi connectivity index (χ2n) is 5.33. The minimum atomic E-state index is 0.311. The number of hydrogen-bond donors (Lipinski definition) is 1. The van der Waals surface area contributed by atoms with Crippen LogP contribution in [0.3, 0.4) is 0 Å². The summed E-state index contributed by atoms with van der Waals surface area (Å²) >= 11 is 3.51. The average Bonchev–Trinajstić information content (AvgIpc) is 1.99. The van der Waals surface area contributed by atoms with Crippen molar-refractivity contribution in [1.29, 1.82) is 0 Å². The van der Waals surface area contributed by atoms with Crippen LogP contribution in [0, 0.1) is 19.3 Å². The standard InChI is InChI=1S/C13H20BrN/c1-9-6-11(14)7-10(2)12(9)15-8-13(3,4)5/h6-7,15H,8H2,1-5H3. The van der Waals surface area contributed by atoms with E-state index in [2.05, 4.69) is 68.0 Å². The second kappa shape index (κ2) is 4.56. The van der Waals surface area contributed by atoms with E-state index in [0.29, 0.717) is 5.41 Å². The number of hydrogen-bond acceptors (Lipinski definition) is 1. The first kappa shape index (κ1) is 12.6. The van der Waals surface area contributed by atoms with E-state index in [4.69, 9.17) is 0 Å². The highest BCUT2D eigenvalue weighted by atomic mass is 79.9. The van der Waals surface area contributed by atoms with E-state index >= 15 is 0 Å². The lowest BCUT2D eigenvalue weighted by Gasteiger charge is -2.22. The largest absolute Gasteiger partial charge is 0.384 e. The van der Waals surface area contributed by atoms with Crippen LogP contribution in [0.25, 0.3) is 0 Å². The van der Waals surface area contributed by atoms with Gasteiger partial charge in [-0.15, -0.1) is 0 Å². The topological polar surface area (TPSA) is 12.0 Å². The lowest BCUT2D eigenvalue weighted by molar-refractivity contribution is 0.443. The number of rotatable bonds is 2. The zero-order chi connectivity index (χ0) is 11.6. The van der Waals surface area contributed by atoms with Gasteiger partial charge in [0, 0.05) is 16.7 Å². The van der Waals surface area contributed by atoms with E-state index < -0.39 is 0 Å². The smallest absolute Gasteiger partial charge is 0.0400 e. The summed E-state index contributed by atoms with van der Waals surface area (Å²) in [5.74, 6) is 0. The quantitative estimate of drug-likeness (QED) is 0.832. The van der Waals surface area contributed by atoms with Crippen molar-refractivity contribution in [3.63, 3.8) is 0 Å². The number of benzene rings is 1. The third-order valence-electron chi connectivity index (χ3n) is 2.29. The summed E-state index contributed by atoms with van der Waals surface area (Å²) in [6.45, 7) is 12.0. The predicted octanol–water partition coefficient (Wildman–Crippen LogP) is 4.52. The van der Waals surface area contributed by atoms with Gasteiger partial charge in [0.25, 0.3) is 0 Å². The predicted molar refractivity (Wildman–Crippen MR) is 71.6 cm³/mol. The Morgan fingerprint density at radius 1 is 1.13 bits per heavy atom. The SMILES string of the molecule is Cc1cc(Br)cc(C)c1NCC(C)(C)C. The summed E-state index contributed by atoms with van der Waals surface area (Å²) in [6.07, 6.45) is 0. The normalized spacial score (nSPS) is 11.6. The van der Waals surface area contributed by atoms with Crippen molar-refractivity contribution in [1.82, 2.24) is 0 Å². The highest BCUT2D eigenvalue weighted by Gasteiger charge is 2.11. The molecule has 0 heterocycles. The summed E-state index contributed by atoms with van der Waals surface area (Å²) < 4.78 is 1.15. The van der Waals surface area contributed by atoms with E-state index in [0.717, 1.165) is 11.0 Å². The van der Waals surface area contributed by atoms with Crippen LogP contribution in [0.5, 0.6) is 0 Å². The Labute approximate surface area is 101 Å². The van der Waals surface area contributed by atoms with Crippen LogP contribution in [0.2, 0.25) is 0 Å². The maximum Gasteiger partial charge on any atom is 0.0400 e. The Morgan fingerprint density at radius 2 is 1.60 bits per heavy atom. The minimum absolute atomic E-state index is 0.311. The first-order chi connectivity index (χ1) is 6.79. The van der Waals surface area contributed by atoms with Crippen molar-refractivity contribution < 1.29 is 0 Å². The molecule has 1 rings (SSSR count). The van der Waals surface area contributed by atoms with E-state index in [9.17, 15) is 0 Å². The second-order valence-corrected chi connectivity index (χ2v) is 6.24. The van der Waals surface area contributed by atoms with Gasteiger partial charge in [-0.1, -0.05) is 36.7 Å². The summed E-state index contributed by atoms with van der Waals surface area (Å²) in [7, 11) is 0. The molecule has 1 N–H and O–H groups in total. The van der Waals surface area contributed by atoms with Crippen molar-refractivity contribution in [3.8, 4) is 0 Å². The van der Waals surface area contributed by atoms with Gasteiger partial charge in [0.1, 0.15) is 0 Å². The van der Waals surface area contributed by atoms with E-state index in [1.807, 2.05) is 0 Å². The number of nitrogens with one attached hydrogen (secondary N) is 1. The average molecular weight is 270 g/mol. The lowest BCUT2D eigenvalue weighted by atomic mass is 9.96. The molecule has 0 spiro atoms. The molecular formula is C13H20BrN. The Balaban J connectivity index is 2.86. The molecule has 0 aliphatic carbocycles. The highest BCUT2D eigenvalue weighted by molar-refractivity contribution is 9.10. The fraction of sp³-hybridized carbons (Fsp3) is 0.538. The van der Waals surface area contributed by atoms with Crippen LogP contribution in [0.4, 0.5) is 5.69 Å². The summed E-state index contributed by atoms with van der Waals surface area (Å²) in [5, 5.41) is 3.53. The summed E-state index contributed by atoms with van der Waals surface area (Å²) in [6, 6.07) is 4.30. The van der Waals surface area contributed by atoms with Crippen LogP contribution < -0.4 is 5.32 Å². The first-order valence-corrected chi connectivity index (χ1v) is 6.09. The molecule has 0 aliphatic heterocycles. The van der Waals surface area contributed by atoms with Gasteiger partial charge in [-0.05, 0) is 42.5 Å². The van der Waals surface area contributed by atoms with Crippen molar-refractivity contribution >= 4 is 21.6 Å².